The van der Waals surface area contributed by atoms with Gasteiger partial charge in [-0.25, -0.2) is 0 Å². The van der Waals surface area contributed by atoms with Crippen molar-refractivity contribution in [2.45, 2.75) is 6.42 Å². The molecule has 7 heteroatoms. The fourth-order valence-corrected chi connectivity index (χ4v) is 2.32. The van der Waals surface area contributed by atoms with Crippen LogP contribution in [-0.2, 0) is 13.5 Å². The van der Waals surface area contributed by atoms with E-state index in [9.17, 15) is 0 Å². The zero-order valence-electron chi connectivity index (χ0n) is 9.70. The van der Waals surface area contributed by atoms with Crippen molar-refractivity contribution in [3.8, 4) is 11.5 Å². The number of rotatable bonds is 3. The van der Waals surface area contributed by atoms with Crippen LogP contribution < -0.4 is 5.73 Å². The summed E-state index contributed by atoms with van der Waals surface area (Å²) >= 11 is 1.67. The Morgan fingerprint density at radius 2 is 2.39 bits per heavy atom. The van der Waals surface area contributed by atoms with E-state index in [1.165, 1.54) is 4.88 Å². The molecule has 0 aliphatic heterocycles. The number of nitrogen functional groups attached to an aromatic ring is 1. The standard InChI is InChI=1S/C11H11N5OS/c1-16-10(12)8(6-13-16)11-14-9(15-17-11)5-7-3-2-4-18-7/h2-4,6H,5,12H2,1H3. The summed E-state index contributed by atoms with van der Waals surface area (Å²) in [6.07, 6.45) is 2.29. The van der Waals surface area contributed by atoms with Crippen molar-refractivity contribution in [3.05, 3.63) is 34.4 Å². The fourth-order valence-electron chi connectivity index (χ4n) is 1.62. The van der Waals surface area contributed by atoms with E-state index in [2.05, 4.69) is 15.2 Å². The van der Waals surface area contributed by atoms with E-state index in [1.54, 1.807) is 29.3 Å². The van der Waals surface area contributed by atoms with Gasteiger partial charge in [0, 0.05) is 18.3 Å². The maximum absolute atomic E-state index is 5.85. The van der Waals surface area contributed by atoms with Gasteiger partial charge in [-0.2, -0.15) is 10.1 Å². The Morgan fingerprint density at radius 1 is 1.50 bits per heavy atom. The summed E-state index contributed by atoms with van der Waals surface area (Å²) in [6.45, 7) is 0. The minimum absolute atomic E-state index is 0.409. The summed E-state index contributed by atoms with van der Waals surface area (Å²) in [5.74, 6) is 1.57. The molecule has 0 saturated carbocycles. The van der Waals surface area contributed by atoms with Crippen LogP contribution in [0.5, 0.6) is 0 Å². The van der Waals surface area contributed by atoms with E-state index in [-0.39, 0.29) is 0 Å². The normalized spacial score (nSPS) is 10.9. The van der Waals surface area contributed by atoms with Crippen LogP contribution in [0.2, 0.25) is 0 Å². The Balaban J connectivity index is 1.87. The molecule has 18 heavy (non-hydrogen) atoms. The second-order valence-electron chi connectivity index (χ2n) is 3.84. The number of hydrogen-bond donors (Lipinski definition) is 1. The van der Waals surface area contributed by atoms with Crippen molar-refractivity contribution in [2.75, 3.05) is 5.73 Å². The third-order valence-corrected chi connectivity index (χ3v) is 3.47. The lowest BCUT2D eigenvalue weighted by atomic mass is 10.3. The Labute approximate surface area is 107 Å². The molecular weight excluding hydrogens is 250 g/mol. The highest BCUT2D eigenvalue weighted by atomic mass is 32.1. The average Bonchev–Trinajstić information content (AvgIpc) is 3.05. The van der Waals surface area contributed by atoms with Gasteiger partial charge in [0.15, 0.2) is 5.82 Å². The topological polar surface area (TPSA) is 82.8 Å². The number of aromatic nitrogens is 4. The summed E-state index contributed by atoms with van der Waals surface area (Å²) in [7, 11) is 1.77. The largest absolute Gasteiger partial charge is 0.383 e. The van der Waals surface area contributed by atoms with Gasteiger partial charge in [0.05, 0.1) is 6.20 Å². The average molecular weight is 261 g/mol. The zero-order valence-corrected chi connectivity index (χ0v) is 10.5. The number of thiophene rings is 1. The molecule has 3 aromatic rings. The molecular formula is C11H11N5OS. The predicted octanol–water partition coefficient (Wildman–Crippen LogP) is 1.70. The van der Waals surface area contributed by atoms with E-state index in [4.69, 9.17) is 10.3 Å². The van der Waals surface area contributed by atoms with E-state index >= 15 is 0 Å². The van der Waals surface area contributed by atoms with Crippen molar-refractivity contribution < 1.29 is 4.52 Å². The van der Waals surface area contributed by atoms with Gasteiger partial charge in [-0.15, -0.1) is 11.3 Å². The summed E-state index contributed by atoms with van der Waals surface area (Å²) < 4.78 is 6.77. The van der Waals surface area contributed by atoms with Crippen LogP contribution >= 0.6 is 11.3 Å². The minimum Gasteiger partial charge on any atom is -0.383 e. The molecule has 3 rings (SSSR count). The van der Waals surface area contributed by atoms with Crippen molar-refractivity contribution in [1.29, 1.82) is 0 Å². The van der Waals surface area contributed by atoms with Crippen LogP contribution in [0.4, 0.5) is 5.82 Å². The summed E-state index contributed by atoms with van der Waals surface area (Å²) in [5, 5.41) is 10.0. The van der Waals surface area contributed by atoms with Gasteiger partial charge in [0.2, 0.25) is 0 Å². The Morgan fingerprint density at radius 3 is 3.06 bits per heavy atom. The molecule has 0 spiro atoms. The highest BCUT2D eigenvalue weighted by molar-refractivity contribution is 7.09. The highest BCUT2D eigenvalue weighted by Gasteiger charge is 2.15. The lowest BCUT2D eigenvalue weighted by Gasteiger charge is -1.93. The Kier molecular flexibility index (Phi) is 2.60. The van der Waals surface area contributed by atoms with Gasteiger partial charge in [0.1, 0.15) is 11.4 Å². The summed E-state index contributed by atoms with van der Waals surface area (Å²) in [5.41, 5.74) is 6.52. The van der Waals surface area contributed by atoms with E-state index in [1.807, 2.05) is 17.5 Å². The first kappa shape index (κ1) is 11.0. The van der Waals surface area contributed by atoms with Gasteiger partial charge in [-0.3, -0.25) is 4.68 Å². The van der Waals surface area contributed by atoms with Gasteiger partial charge in [0.25, 0.3) is 5.89 Å². The predicted molar refractivity (Wildman–Crippen MR) is 68.0 cm³/mol. The van der Waals surface area contributed by atoms with Gasteiger partial charge in [-0.1, -0.05) is 11.2 Å². The van der Waals surface area contributed by atoms with Crippen molar-refractivity contribution >= 4 is 17.2 Å². The molecule has 0 aliphatic carbocycles. The number of aryl methyl sites for hydroxylation is 1. The summed E-state index contributed by atoms with van der Waals surface area (Å²) in [4.78, 5) is 5.52. The molecule has 0 fully saturated rings. The first-order chi connectivity index (χ1) is 8.74. The van der Waals surface area contributed by atoms with Crippen molar-refractivity contribution in [1.82, 2.24) is 19.9 Å². The fraction of sp³-hybridized carbons (Fsp3) is 0.182. The molecule has 2 N–H and O–H groups in total. The maximum atomic E-state index is 5.85. The number of hydrogen-bond acceptors (Lipinski definition) is 6. The molecule has 3 heterocycles. The number of anilines is 1. The van der Waals surface area contributed by atoms with Crippen molar-refractivity contribution in [3.63, 3.8) is 0 Å². The Bertz CT molecular complexity index is 655. The molecule has 0 unspecified atom stereocenters. The monoisotopic (exact) mass is 261 g/mol. The van der Waals surface area contributed by atoms with E-state index in [0.717, 1.165) is 0 Å². The molecule has 0 amide bonds. The number of nitrogens with two attached hydrogens (primary N) is 1. The quantitative estimate of drug-likeness (QED) is 0.776. The lowest BCUT2D eigenvalue weighted by molar-refractivity contribution is 0.424. The molecule has 0 aliphatic rings. The SMILES string of the molecule is Cn1ncc(-c2nc(Cc3cccs3)no2)c1N. The molecule has 0 aromatic carbocycles. The minimum atomic E-state index is 0.409. The molecule has 3 aromatic heterocycles. The van der Waals surface area contributed by atoms with Crippen LogP contribution in [-0.4, -0.2) is 19.9 Å². The van der Waals surface area contributed by atoms with Crippen LogP contribution in [0.25, 0.3) is 11.5 Å². The first-order valence-electron chi connectivity index (χ1n) is 5.37. The van der Waals surface area contributed by atoms with E-state index < -0.39 is 0 Å². The third kappa shape index (κ3) is 1.88. The van der Waals surface area contributed by atoms with Gasteiger partial charge in [-0.05, 0) is 11.4 Å². The van der Waals surface area contributed by atoms with Gasteiger partial charge >= 0.3 is 0 Å². The molecule has 6 nitrogen and oxygen atoms in total. The number of nitrogens with zero attached hydrogens (tertiary/aromatic N) is 4. The van der Waals surface area contributed by atoms with Crippen LogP contribution in [0.1, 0.15) is 10.7 Å². The molecule has 0 bridgehead atoms. The molecule has 0 radical (unpaired) electrons. The van der Waals surface area contributed by atoms with Crippen LogP contribution in [0.15, 0.2) is 28.2 Å². The van der Waals surface area contributed by atoms with Crippen molar-refractivity contribution in [2.24, 2.45) is 7.05 Å². The second-order valence-corrected chi connectivity index (χ2v) is 4.87. The van der Waals surface area contributed by atoms with Crippen LogP contribution in [0, 0.1) is 0 Å². The van der Waals surface area contributed by atoms with Crippen LogP contribution in [0.3, 0.4) is 0 Å². The lowest BCUT2D eigenvalue weighted by Crippen LogP contribution is -1.98. The molecule has 0 saturated heterocycles. The molecule has 92 valence electrons. The third-order valence-electron chi connectivity index (χ3n) is 2.60. The molecule has 0 atom stereocenters. The maximum Gasteiger partial charge on any atom is 0.263 e. The van der Waals surface area contributed by atoms with E-state index in [0.29, 0.717) is 29.5 Å². The first-order valence-corrected chi connectivity index (χ1v) is 6.25. The Hall–Kier alpha value is -2.15. The summed E-state index contributed by atoms with van der Waals surface area (Å²) in [6, 6.07) is 4.04. The second kappa shape index (κ2) is 4.26. The smallest absolute Gasteiger partial charge is 0.263 e. The van der Waals surface area contributed by atoms with Gasteiger partial charge < -0.3 is 10.3 Å². The highest BCUT2D eigenvalue weighted by Crippen LogP contribution is 2.23. The zero-order chi connectivity index (χ0) is 12.5.